The Morgan fingerprint density at radius 2 is 1.35 bits per heavy atom. The van der Waals surface area contributed by atoms with Crippen molar-refractivity contribution in [3.63, 3.8) is 0 Å². The van der Waals surface area contributed by atoms with Crippen LogP contribution in [0.2, 0.25) is 0 Å². The molecule has 1 aliphatic heterocycles. The lowest BCUT2D eigenvalue weighted by molar-refractivity contribution is -0.126. The van der Waals surface area contributed by atoms with Crippen molar-refractivity contribution in [2.45, 2.75) is 97.1 Å². The van der Waals surface area contributed by atoms with Crippen molar-refractivity contribution < 1.29 is 14.0 Å². The molecular formula is C46H52N2O3. The van der Waals surface area contributed by atoms with Crippen LogP contribution in [0.15, 0.2) is 114 Å². The molecule has 1 atom stereocenters. The molecule has 1 unspecified atom stereocenters. The predicted octanol–water partition coefficient (Wildman–Crippen LogP) is 9.68. The minimum Gasteiger partial charge on any atom is -0.456 e. The summed E-state index contributed by atoms with van der Waals surface area (Å²) >= 11 is 0. The summed E-state index contributed by atoms with van der Waals surface area (Å²) in [7, 11) is 0. The molecule has 2 heterocycles. The maximum absolute atomic E-state index is 14.2. The second kappa shape index (κ2) is 14.4. The van der Waals surface area contributed by atoms with Gasteiger partial charge in [0, 0.05) is 31.8 Å². The van der Waals surface area contributed by atoms with Crippen molar-refractivity contribution in [1.82, 2.24) is 10.2 Å². The molecule has 4 aromatic carbocycles. The van der Waals surface area contributed by atoms with Gasteiger partial charge in [0.05, 0.1) is 0 Å². The number of furan rings is 1. The normalized spacial score (nSPS) is 17.2. The van der Waals surface area contributed by atoms with E-state index in [-0.39, 0.29) is 41.7 Å². The van der Waals surface area contributed by atoms with Gasteiger partial charge in [0.25, 0.3) is 5.91 Å². The monoisotopic (exact) mass is 680 g/mol. The summed E-state index contributed by atoms with van der Waals surface area (Å²) in [5, 5.41) is 3.23. The van der Waals surface area contributed by atoms with E-state index in [0.29, 0.717) is 25.9 Å². The molecule has 0 saturated heterocycles. The highest BCUT2D eigenvalue weighted by molar-refractivity contribution is 5.96. The molecule has 5 nitrogen and oxygen atoms in total. The van der Waals surface area contributed by atoms with Crippen LogP contribution in [0, 0.1) is 6.92 Å². The number of nitrogens with zero attached hydrogens (tertiary/aromatic N) is 1. The van der Waals surface area contributed by atoms with Gasteiger partial charge < -0.3 is 14.6 Å². The van der Waals surface area contributed by atoms with Crippen LogP contribution in [0.4, 0.5) is 0 Å². The summed E-state index contributed by atoms with van der Waals surface area (Å²) in [5.74, 6) is 0.569. The maximum atomic E-state index is 14.2. The topological polar surface area (TPSA) is 62.6 Å². The van der Waals surface area contributed by atoms with E-state index in [1.54, 1.807) is 11.0 Å². The van der Waals surface area contributed by atoms with Gasteiger partial charge in [-0.2, -0.15) is 0 Å². The summed E-state index contributed by atoms with van der Waals surface area (Å²) < 4.78 is 6.30. The lowest BCUT2D eigenvalue weighted by Gasteiger charge is -2.42. The van der Waals surface area contributed by atoms with Crippen LogP contribution in [0.1, 0.15) is 115 Å². The van der Waals surface area contributed by atoms with Gasteiger partial charge in [-0.15, -0.1) is 0 Å². The molecule has 0 spiro atoms. The largest absolute Gasteiger partial charge is 0.456 e. The molecule has 264 valence electrons. The van der Waals surface area contributed by atoms with E-state index in [4.69, 9.17) is 4.42 Å². The second-order valence-corrected chi connectivity index (χ2v) is 15.6. The first-order chi connectivity index (χ1) is 24.0. The molecule has 0 radical (unpaired) electrons. The molecule has 2 aliphatic rings. The van der Waals surface area contributed by atoms with E-state index in [1.165, 1.54) is 28.7 Å². The number of benzene rings is 4. The van der Waals surface area contributed by atoms with Crippen molar-refractivity contribution in [2.24, 2.45) is 0 Å². The van der Waals surface area contributed by atoms with Gasteiger partial charge in [0.15, 0.2) is 5.76 Å². The molecular weight excluding hydrogens is 629 g/mol. The Kier molecular flexibility index (Phi) is 10.1. The Morgan fingerprint density at radius 1 is 0.784 bits per heavy atom. The van der Waals surface area contributed by atoms with Crippen LogP contribution in [-0.4, -0.2) is 29.3 Å². The van der Waals surface area contributed by atoms with E-state index in [1.807, 2.05) is 60.7 Å². The van der Waals surface area contributed by atoms with Crippen molar-refractivity contribution in [3.8, 4) is 0 Å². The van der Waals surface area contributed by atoms with E-state index in [9.17, 15) is 9.59 Å². The molecule has 0 fully saturated rings. The zero-order chi connectivity index (χ0) is 35.0. The zero-order valence-electron chi connectivity index (χ0n) is 30.0. The smallest absolute Gasteiger partial charge is 0.290 e. The fourth-order valence-corrected chi connectivity index (χ4v) is 7.96. The number of aryl methyl sites for hydroxylation is 1. The highest BCUT2D eigenvalue weighted by Crippen LogP contribution is 2.46. The van der Waals surface area contributed by atoms with Gasteiger partial charge in [0.2, 0.25) is 5.91 Å². The van der Waals surface area contributed by atoms with Crippen molar-refractivity contribution in [1.29, 1.82) is 0 Å². The Hall–Kier alpha value is -4.90. The van der Waals surface area contributed by atoms with Crippen LogP contribution < -0.4 is 5.32 Å². The van der Waals surface area contributed by atoms with Crippen LogP contribution >= 0.6 is 0 Å². The molecule has 7 rings (SSSR count). The van der Waals surface area contributed by atoms with Gasteiger partial charge in [-0.25, -0.2) is 0 Å². The number of carbonyl (C=O) groups excluding carboxylic acids is 2. The summed E-state index contributed by atoms with van der Waals surface area (Å²) in [6, 6.07) is 36.3. The molecule has 5 aromatic rings. The lowest BCUT2D eigenvalue weighted by Crippen LogP contribution is -2.53. The fourth-order valence-electron chi connectivity index (χ4n) is 7.96. The minimum atomic E-state index is -0.661. The number of carbonyl (C=O) groups is 2. The number of amides is 2. The van der Waals surface area contributed by atoms with E-state index >= 15 is 0 Å². The van der Waals surface area contributed by atoms with Crippen LogP contribution in [0.25, 0.3) is 0 Å². The van der Waals surface area contributed by atoms with E-state index in [0.717, 1.165) is 34.4 Å². The standard InChI is InChI=1S/C45H48N2O3.CH4/c1-30-24-38-39(45(4,5)23-22-44(38,2)3)26-35(30)25-36-20-21-41(50-36)43(49)47-29-34-19-13-12-18-33(34)27-40(47)42(48)46-28-37(31-14-8-6-9-15-31)32-16-10-7-11-17-32;/h6-21,24,26,37,40H,22-23,25,27-29H2,1-5H3,(H,46,48);1H4. The second-order valence-electron chi connectivity index (χ2n) is 15.6. The number of nitrogens with one attached hydrogen (secondary N) is 1. The number of rotatable bonds is 8. The predicted molar refractivity (Wildman–Crippen MR) is 206 cm³/mol. The van der Waals surface area contributed by atoms with Gasteiger partial charge in [0.1, 0.15) is 11.8 Å². The average Bonchev–Trinajstić information content (AvgIpc) is 3.59. The first-order valence-electron chi connectivity index (χ1n) is 18.0. The van der Waals surface area contributed by atoms with Crippen LogP contribution in [0.3, 0.4) is 0 Å². The molecule has 5 heteroatoms. The average molecular weight is 681 g/mol. The molecule has 2 amide bonds. The first-order valence-corrected chi connectivity index (χ1v) is 18.0. The molecule has 1 aromatic heterocycles. The molecule has 1 N–H and O–H groups in total. The Balaban J connectivity index is 0.00000448. The third-order valence-electron chi connectivity index (χ3n) is 11.2. The number of hydrogen-bond acceptors (Lipinski definition) is 3. The van der Waals surface area contributed by atoms with Crippen molar-refractivity contribution in [2.75, 3.05) is 6.54 Å². The quantitative estimate of drug-likeness (QED) is 0.178. The minimum absolute atomic E-state index is 0. The zero-order valence-corrected chi connectivity index (χ0v) is 30.0. The summed E-state index contributed by atoms with van der Waals surface area (Å²) in [6.45, 7) is 12.3. The van der Waals surface area contributed by atoms with Gasteiger partial charge in [-0.3, -0.25) is 9.59 Å². The van der Waals surface area contributed by atoms with Gasteiger partial charge in [-0.1, -0.05) is 132 Å². The summed E-state index contributed by atoms with van der Waals surface area (Å²) in [4.78, 5) is 30.0. The highest BCUT2D eigenvalue weighted by Gasteiger charge is 2.38. The van der Waals surface area contributed by atoms with E-state index < -0.39 is 6.04 Å². The Morgan fingerprint density at radius 3 is 1.98 bits per heavy atom. The fraction of sp³-hybridized carbons (Fsp3) is 0.348. The van der Waals surface area contributed by atoms with Crippen molar-refractivity contribution >= 4 is 11.8 Å². The molecule has 51 heavy (non-hydrogen) atoms. The number of hydrogen-bond donors (Lipinski definition) is 1. The lowest BCUT2D eigenvalue weighted by atomic mass is 9.62. The Labute approximate surface area is 304 Å². The molecule has 0 saturated carbocycles. The summed E-state index contributed by atoms with van der Waals surface area (Å²) in [5.41, 5.74) is 9.99. The maximum Gasteiger partial charge on any atom is 0.290 e. The highest BCUT2D eigenvalue weighted by atomic mass is 16.4. The third-order valence-corrected chi connectivity index (χ3v) is 11.2. The summed E-state index contributed by atoms with van der Waals surface area (Å²) in [6.07, 6.45) is 3.39. The number of fused-ring (bicyclic) bond motifs is 2. The molecule has 1 aliphatic carbocycles. The Bertz CT molecular complexity index is 1970. The SMILES string of the molecule is C.Cc1cc2c(cc1Cc1ccc(C(=O)N3Cc4ccccc4CC3C(=O)NCC(c3ccccc3)c3ccccc3)o1)C(C)(C)CCC2(C)C. The van der Waals surface area contributed by atoms with Gasteiger partial charge >= 0.3 is 0 Å². The van der Waals surface area contributed by atoms with Gasteiger partial charge in [-0.05, 0) is 87.2 Å². The van der Waals surface area contributed by atoms with Crippen LogP contribution in [-0.2, 0) is 35.0 Å². The van der Waals surface area contributed by atoms with Crippen molar-refractivity contribution in [3.05, 3.63) is 165 Å². The third kappa shape index (κ3) is 7.30. The van der Waals surface area contributed by atoms with E-state index in [2.05, 4.69) is 82.4 Å². The first kappa shape index (κ1) is 35.9. The molecule has 0 bridgehead atoms. The van der Waals surface area contributed by atoms with Crippen LogP contribution in [0.5, 0.6) is 0 Å².